The molecule has 1 aliphatic carbocycles. The van der Waals surface area contributed by atoms with Crippen LogP contribution >= 0.6 is 0 Å². The fraction of sp³-hybridized carbons (Fsp3) is 0.625. The minimum Gasteiger partial charge on any atom is -0.481 e. The van der Waals surface area contributed by atoms with Crippen molar-refractivity contribution in [3.63, 3.8) is 0 Å². The van der Waals surface area contributed by atoms with Gasteiger partial charge in [0.2, 0.25) is 0 Å². The summed E-state index contributed by atoms with van der Waals surface area (Å²) in [5, 5.41) is 8.53. The largest absolute Gasteiger partial charge is 0.481 e. The average Bonchev–Trinajstić information content (AvgIpc) is 2.03. The van der Waals surface area contributed by atoms with Crippen LogP contribution in [0.2, 0.25) is 0 Å². The van der Waals surface area contributed by atoms with Crippen molar-refractivity contribution in [3.8, 4) is 0 Å². The zero-order valence-corrected chi connectivity index (χ0v) is 6.77. The van der Waals surface area contributed by atoms with E-state index in [1.54, 1.807) is 0 Å². The van der Waals surface area contributed by atoms with Crippen molar-refractivity contribution in [1.29, 1.82) is 0 Å². The second-order valence-corrected chi connectivity index (χ2v) is 3.04. The lowest BCUT2D eigenvalue weighted by Gasteiger charge is -2.20. The summed E-state index contributed by atoms with van der Waals surface area (Å²) in [7, 11) is 0. The van der Waals surface area contributed by atoms with Gasteiger partial charge in [-0.15, -0.1) is 0 Å². The molecule has 0 aromatic heterocycles. The summed E-state index contributed by atoms with van der Waals surface area (Å²) < 4.78 is 36.4. The smallest absolute Gasteiger partial charge is 0.412 e. The predicted molar refractivity (Wildman–Crippen MR) is 39.1 cm³/mol. The van der Waals surface area contributed by atoms with Gasteiger partial charge in [0.05, 0.1) is 5.92 Å². The molecule has 2 nitrogen and oxygen atoms in total. The van der Waals surface area contributed by atoms with E-state index in [2.05, 4.69) is 0 Å². The Morgan fingerprint density at radius 2 is 2.15 bits per heavy atom. The van der Waals surface area contributed by atoms with Gasteiger partial charge in [-0.1, -0.05) is 6.08 Å². The average molecular weight is 194 g/mol. The molecule has 0 aromatic carbocycles. The van der Waals surface area contributed by atoms with Crippen molar-refractivity contribution < 1.29 is 23.1 Å². The number of carboxylic acid groups (broad SMARTS) is 1. The third-order valence-corrected chi connectivity index (χ3v) is 2.09. The van der Waals surface area contributed by atoms with Crippen LogP contribution in [0, 0.1) is 5.92 Å². The minimum atomic E-state index is -4.37. The monoisotopic (exact) mass is 194 g/mol. The molecule has 1 atom stereocenters. The van der Waals surface area contributed by atoms with Crippen LogP contribution in [0.3, 0.4) is 0 Å². The topological polar surface area (TPSA) is 37.3 Å². The van der Waals surface area contributed by atoms with Gasteiger partial charge in [0.1, 0.15) is 0 Å². The summed E-state index contributed by atoms with van der Waals surface area (Å²) >= 11 is 0. The lowest BCUT2D eigenvalue weighted by molar-refractivity contribution is -0.143. The molecule has 0 radical (unpaired) electrons. The van der Waals surface area contributed by atoms with Crippen LogP contribution in [0.25, 0.3) is 0 Å². The van der Waals surface area contributed by atoms with Gasteiger partial charge in [-0.3, -0.25) is 4.79 Å². The first kappa shape index (κ1) is 10.1. The highest BCUT2D eigenvalue weighted by atomic mass is 19.4. The normalized spacial score (nSPS) is 23.9. The van der Waals surface area contributed by atoms with Gasteiger partial charge in [-0.25, -0.2) is 0 Å². The predicted octanol–water partition coefficient (Wildman–Crippen LogP) is 2.36. The van der Waals surface area contributed by atoms with Crippen LogP contribution in [0.1, 0.15) is 19.3 Å². The number of carboxylic acids is 1. The lowest BCUT2D eigenvalue weighted by atomic mass is 9.89. The minimum absolute atomic E-state index is 0.200. The maximum atomic E-state index is 12.1. The van der Waals surface area contributed by atoms with Crippen molar-refractivity contribution >= 4 is 5.97 Å². The molecular weight excluding hydrogens is 185 g/mol. The van der Waals surface area contributed by atoms with Crippen molar-refractivity contribution in [1.82, 2.24) is 0 Å². The molecule has 0 saturated heterocycles. The van der Waals surface area contributed by atoms with Crippen LogP contribution in [0.15, 0.2) is 11.6 Å². The molecule has 74 valence electrons. The molecule has 13 heavy (non-hydrogen) atoms. The molecule has 1 rings (SSSR count). The molecule has 0 aliphatic heterocycles. The molecule has 0 bridgehead atoms. The summed E-state index contributed by atoms with van der Waals surface area (Å²) in [5.74, 6) is -2.02. The first-order valence-corrected chi connectivity index (χ1v) is 3.90. The van der Waals surface area contributed by atoms with Crippen LogP contribution in [-0.2, 0) is 4.79 Å². The van der Waals surface area contributed by atoms with Gasteiger partial charge < -0.3 is 5.11 Å². The molecule has 5 heteroatoms. The second-order valence-electron chi connectivity index (χ2n) is 3.04. The lowest BCUT2D eigenvalue weighted by Crippen LogP contribution is -2.23. The molecule has 0 aromatic rings. The molecular formula is C8H9F3O2. The van der Waals surface area contributed by atoms with E-state index in [0.29, 0.717) is 6.42 Å². The Morgan fingerprint density at radius 1 is 1.54 bits per heavy atom. The first-order valence-electron chi connectivity index (χ1n) is 3.90. The molecule has 0 saturated carbocycles. The number of halogens is 3. The quantitative estimate of drug-likeness (QED) is 0.650. The van der Waals surface area contributed by atoms with E-state index in [0.717, 1.165) is 6.08 Å². The standard InChI is InChI=1S/C8H9F3O2/c9-8(10,11)6-3-1-2-5(4-6)7(12)13/h3,5H,1-2,4H2,(H,12,13). The Labute approximate surface area is 73.1 Å². The summed E-state index contributed by atoms with van der Waals surface area (Å²) in [5.41, 5.74) is -0.703. The van der Waals surface area contributed by atoms with E-state index >= 15 is 0 Å². The second kappa shape index (κ2) is 3.40. The fourth-order valence-corrected chi connectivity index (χ4v) is 1.35. The van der Waals surface area contributed by atoms with Crippen molar-refractivity contribution in [3.05, 3.63) is 11.6 Å². The van der Waals surface area contributed by atoms with Crippen LogP contribution in [0.4, 0.5) is 13.2 Å². The van der Waals surface area contributed by atoms with Gasteiger partial charge in [0, 0.05) is 5.57 Å². The van der Waals surface area contributed by atoms with E-state index in [1.807, 2.05) is 0 Å². The van der Waals surface area contributed by atoms with Gasteiger partial charge in [-0.05, 0) is 19.3 Å². The SMILES string of the molecule is O=C(O)C1CCC=C(C(F)(F)F)C1. The zero-order chi connectivity index (χ0) is 10.1. The van der Waals surface area contributed by atoms with Gasteiger partial charge in [0.25, 0.3) is 0 Å². The van der Waals surface area contributed by atoms with Gasteiger partial charge in [0.15, 0.2) is 0 Å². The number of allylic oxidation sites excluding steroid dienone is 2. The summed E-state index contributed by atoms with van der Waals surface area (Å²) in [6, 6.07) is 0. The number of carbonyl (C=O) groups is 1. The molecule has 0 spiro atoms. The summed E-state index contributed by atoms with van der Waals surface area (Å²) in [6.45, 7) is 0. The summed E-state index contributed by atoms with van der Waals surface area (Å²) in [6.07, 6.45) is -3.17. The number of rotatable bonds is 1. The Hall–Kier alpha value is -1.00. The molecule has 1 aliphatic rings. The van der Waals surface area contributed by atoms with Crippen molar-refractivity contribution in [2.75, 3.05) is 0 Å². The van der Waals surface area contributed by atoms with E-state index in [4.69, 9.17) is 5.11 Å². The van der Waals surface area contributed by atoms with Crippen LogP contribution in [0.5, 0.6) is 0 Å². The number of hydrogen-bond acceptors (Lipinski definition) is 1. The van der Waals surface area contributed by atoms with E-state index < -0.39 is 30.1 Å². The number of alkyl halides is 3. The zero-order valence-electron chi connectivity index (χ0n) is 6.77. The Bertz CT molecular complexity index is 242. The van der Waals surface area contributed by atoms with Gasteiger partial charge in [-0.2, -0.15) is 13.2 Å². The molecule has 0 amide bonds. The number of hydrogen-bond donors (Lipinski definition) is 1. The molecule has 0 fully saturated rings. The number of aliphatic carboxylic acids is 1. The molecule has 1 unspecified atom stereocenters. The molecule has 0 heterocycles. The van der Waals surface area contributed by atoms with E-state index in [-0.39, 0.29) is 6.42 Å². The fourth-order valence-electron chi connectivity index (χ4n) is 1.35. The van der Waals surface area contributed by atoms with Crippen molar-refractivity contribution in [2.24, 2.45) is 5.92 Å². The van der Waals surface area contributed by atoms with E-state index in [9.17, 15) is 18.0 Å². The maximum absolute atomic E-state index is 12.1. The Balaban J connectivity index is 2.70. The van der Waals surface area contributed by atoms with E-state index in [1.165, 1.54) is 0 Å². The Morgan fingerprint density at radius 3 is 2.62 bits per heavy atom. The van der Waals surface area contributed by atoms with Crippen LogP contribution < -0.4 is 0 Å². The van der Waals surface area contributed by atoms with Crippen LogP contribution in [-0.4, -0.2) is 17.3 Å². The first-order chi connectivity index (χ1) is 5.91. The third kappa shape index (κ3) is 2.47. The van der Waals surface area contributed by atoms with Crippen molar-refractivity contribution in [2.45, 2.75) is 25.4 Å². The highest BCUT2D eigenvalue weighted by Gasteiger charge is 2.37. The maximum Gasteiger partial charge on any atom is 0.412 e. The highest BCUT2D eigenvalue weighted by Crippen LogP contribution is 2.35. The third-order valence-electron chi connectivity index (χ3n) is 2.09. The highest BCUT2D eigenvalue weighted by molar-refractivity contribution is 5.70. The summed E-state index contributed by atoms with van der Waals surface area (Å²) in [4.78, 5) is 10.4. The molecule has 1 N–H and O–H groups in total. The van der Waals surface area contributed by atoms with Gasteiger partial charge >= 0.3 is 12.1 Å². The Kier molecular flexibility index (Phi) is 2.63.